The van der Waals surface area contributed by atoms with Crippen LogP contribution in [0.15, 0.2) is 0 Å². The largest absolute Gasteiger partial charge is 0.393 e. The number of rotatable bonds is 4. The second kappa shape index (κ2) is 7.51. The van der Waals surface area contributed by atoms with Crippen molar-refractivity contribution in [3.8, 4) is 0 Å². The van der Waals surface area contributed by atoms with Crippen LogP contribution in [0.1, 0.15) is 33.6 Å². The van der Waals surface area contributed by atoms with Crippen LogP contribution in [0, 0.1) is 5.92 Å². The summed E-state index contributed by atoms with van der Waals surface area (Å²) < 4.78 is 38.3. The molecule has 1 aliphatic rings. The predicted molar refractivity (Wildman–Crippen MR) is 80.8 cm³/mol. The van der Waals surface area contributed by atoms with Gasteiger partial charge in [0.2, 0.25) is 11.8 Å². The minimum atomic E-state index is -4.27. The molecular formula is C15H26F3N3O2. The Balaban J connectivity index is 2.47. The molecule has 0 aromatic heterocycles. The van der Waals surface area contributed by atoms with Crippen molar-refractivity contribution in [2.45, 2.75) is 45.3 Å². The van der Waals surface area contributed by atoms with Crippen LogP contribution < -0.4 is 5.32 Å². The first-order valence-electron chi connectivity index (χ1n) is 7.72. The number of nitrogens with one attached hydrogen (secondary N) is 1. The van der Waals surface area contributed by atoms with Gasteiger partial charge in [0.25, 0.3) is 0 Å². The Morgan fingerprint density at radius 2 is 1.83 bits per heavy atom. The minimum absolute atomic E-state index is 0.0273. The summed E-state index contributed by atoms with van der Waals surface area (Å²) >= 11 is 0. The Labute approximate surface area is 135 Å². The van der Waals surface area contributed by atoms with E-state index in [0.717, 1.165) is 0 Å². The highest BCUT2D eigenvalue weighted by molar-refractivity contribution is 5.81. The van der Waals surface area contributed by atoms with Gasteiger partial charge in [-0.05, 0) is 40.7 Å². The predicted octanol–water partition coefficient (Wildman–Crippen LogP) is 1.63. The van der Waals surface area contributed by atoms with Gasteiger partial charge in [-0.25, -0.2) is 0 Å². The number of carbonyl (C=O) groups excluding carboxylic acids is 2. The normalized spacial score (nSPS) is 19.8. The summed E-state index contributed by atoms with van der Waals surface area (Å²) in [5, 5.41) is 2.78. The fourth-order valence-electron chi connectivity index (χ4n) is 2.56. The summed E-state index contributed by atoms with van der Waals surface area (Å²) in [5.74, 6) is -2.04. The van der Waals surface area contributed by atoms with Crippen LogP contribution in [-0.4, -0.2) is 66.6 Å². The number of nitrogens with zero attached hydrogens (tertiary/aromatic N) is 2. The summed E-state index contributed by atoms with van der Waals surface area (Å²) in [5.41, 5.74) is -0.366. The van der Waals surface area contributed by atoms with Crippen molar-refractivity contribution in [1.29, 1.82) is 0 Å². The van der Waals surface area contributed by atoms with Gasteiger partial charge < -0.3 is 10.2 Å². The van der Waals surface area contributed by atoms with Gasteiger partial charge in [0.05, 0.1) is 19.0 Å². The number of piperidine rings is 1. The first-order valence-corrected chi connectivity index (χ1v) is 7.72. The van der Waals surface area contributed by atoms with Crippen molar-refractivity contribution in [2.75, 3.05) is 33.2 Å². The van der Waals surface area contributed by atoms with E-state index in [1.807, 2.05) is 20.8 Å². The summed E-state index contributed by atoms with van der Waals surface area (Å²) in [6.07, 6.45) is -3.85. The van der Waals surface area contributed by atoms with E-state index in [2.05, 4.69) is 5.32 Å². The lowest BCUT2D eigenvalue weighted by atomic mass is 9.97. The molecule has 0 aromatic carbocycles. The number of amides is 2. The standard InChI is InChI=1S/C15H26F3N3O2/c1-14(2,3)19-12(22)9-20(4)10-13(23)21-7-5-6-11(8-21)15(16,17)18/h11H,5-10H2,1-4H3,(H,19,22). The molecule has 8 heteroatoms. The average molecular weight is 337 g/mol. The fraction of sp³-hybridized carbons (Fsp3) is 0.867. The van der Waals surface area contributed by atoms with E-state index in [9.17, 15) is 22.8 Å². The van der Waals surface area contributed by atoms with Gasteiger partial charge in [-0.1, -0.05) is 0 Å². The van der Waals surface area contributed by atoms with Crippen LogP contribution in [0.3, 0.4) is 0 Å². The van der Waals surface area contributed by atoms with Gasteiger partial charge in [-0.3, -0.25) is 14.5 Å². The van der Waals surface area contributed by atoms with Crippen molar-refractivity contribution < 1.29 is 22.8 Å². The summed E-state index contributed by atoms with van der Waals surface area (Å²) in [6.45, 7) is 5.56. The smallest absolute Gasteiger partial charge is 0.350 e. The topological polar surface area (TPSA) is 52.7 Å². The lowest BCUT2D eigenvalue weighted by Crippen LogP contribution is -2.49. The molecule has 0 radical (unpaired) electrons. The van der Waals surface area contributed by atoms with Crippen molar-refractivity contribution >= 4 is 11.8 Å². The van der Waals surface area contributed by atoms with Crippen LogP contribution in [0.2, 0.25) is 0 Å². The quantitative estimate of drug-likeness (QED) is 0.848. The Hall–Kier alpha value is -1.31. The van der Waals surface area contributed by atoms with Gasteiger partial charge in [-0.15, -0.1) is 0 Å². The number of halogens is 3. The van der Waals surface area contributed by atoms with E-state index >= 15 is 0 Å². The molecule has 1 saturated heterocycles. The number of alkyl halides is 3. The van der Waals surface area contributed by atoms with E-state index in [4.69, 9.17) is 0 Å². The molecule has 1 fully saturated rings. The Morgan fingerprint density at radius 1 is 1.22 bits per heavy atom. The lowest BCUT2D eigenvalue weighted by molar-refractivity contribution is -0.188. The molecule has 23 heavy (non-hydrogen) atoms. The van der Waals surface area contributed by atoms with Crippen LogP contribution in [0.4, 0.5) is 13.2 Å². The minimum Gasteiger partial charge on any atom is -0.350 e. The molecule has 1 rings (SSSR count). The third-order valence-corrected chi connectivity index (χ3v) is 3.57. The van der Waals surface area contributed by atoms with Crippen LogP contribution in [0.25, 0.3) is 0 Å². The van der Waals surface area contributed by atoms with Crippen LogP contribution in [-0.2, 0) is 9.59 Å². The van der Waals surface area contributed by atoms with Crippen LogP contribution in [0.5, 0.6) is 0 Å². The molecule has 5 nitrogen and oxygen atoms in total. The number of likely N-dealkylation sites (N-methyl/N-ethyl adjacent to an activating group) is 1. The van der Waals surface area contributed by atoms with Crippen LogP contribution >= 0.6 is 0 Å². The molecule has 134 valence electrons. The molecule has 1 unspecified atom stereocenters. The molecule has 0 aromatic rings. The maximum Gasteiger partial charge on any atom is 0.393 e. The molecule has 1 heterocycles. The third-order valence-electron chi connectivity index (χ3n) is 3.57. The molecule has 0 spiro atoms. The second-order valence-corrected chi connectivity index (χ2v) is 7.19. The zero-order chi connectivity index (χ0) is 17.8. The zero-order valence-corrected chi connectivity index (χ0v) is 14.2. The lowest BCUT2D eigenvalue weighted by Gasteiger charge is -2.34. The van der Waals surface area contributed by atoms with E-state index in [-0.39, 0.29) is 43.4 Å². The highest BCUT2D eigenvalue weighted by Gasteiger charge is 2.42. The monoisotopic (exact) mass is 337 g/mol. The van der Waals surface area contributed by atoms with Crippen molar-refractivity contribution in [2.24, 2.45) is 5.92 Å². The number of carbonyl (C=O) groups is 2. The molecule has 2 amide bonds. The van der Waals surface area contributed by atoms with Gasteiger partial charge in [-0.2, -0.15) is 13.2 Å². The SMILES string of the molecule is CN(CC(=O)NC(C)(C)C)CC(=O)N1CCCC(C(F)(F)F)C1. The summed E-state index contributed by atoms with van der Waals surface area (Å²) in [7, 11) is 1.60. The third kappa shape index (κ3) is 7.20. The fourth-order valence-corrected chi connectivity index (χ4v) is 2.56. The maximum atomic E-state index is 12.8. The van der Waals surface area contributed by atoms with Gasteiger partial charge in [0.15, 0.2) is 0 Å². The van der Waals surface area contributed by atoms with E-state index in [1.165, 1.54) is 9.80 Å². The highest BCUT2D eigenvalue weighted by atomic mass is 19.4. The van der Waals surface area contributed by atoms with Crippen molar-refractivity contribution in [3.05, 3.63) is 0 Å². The van der Waals surface area contributed by atoms with Crippen molar-refractivity contribution in [3.63, 3.8) is 0 Å². The van der Waals surface area contributed by atoms with Crippen molar-refractivity contribution in [1.82, 2.24) is 15.1 Å². The first-order chi connectivity index (χ1) is 10.4. The number of hydrogen-bond acceptors (Lipinski definition) is 3. The maximum absolute atomic E-state index is 12.8. The zero-order valence-electron chi connectivity index (χ0n) is 14.2. The Kier molecular flexibility index (Phi) is 6.44. The van der Waals surface area contributed by atoms with E-state index in [0.29, 0.717) is 13.0 Å². The summed E-state index contributed by atoms with van der Waals surface area (Å²) in [4.78, 5) is 26.7. The summed E-state index contributed by atoms with van der Waals surface area (Å²) in [6, 6.07) is 0. The molecule has 1 aliphatic heterocycles. The average Bonchev–Trinajstić information content (AvgIpc) is 2.35. The number of hydrogen-bond donors (Lipinski definition) is 1. The molecular weight excluding hydrogens is 311 g/mol. The second-order valence-electron chi connectivity index (χ2n) is 7.19. The highest BCUT2D eigenvalue weighted by Crippen LogP contribution is 2.33. The molecule has 0 aliphatic carbocycles. The molecule has 0 bridgehead atoms. The molecule has 1 atom stereocenters. The van der Waals surface area contributed by atoms with E-state index < -0.39 is 12.1 Å². The molecule has 0 saturated carbocycles. The van der Waals surface area contributed by atoms with Gasteiger partial charge in [0, 0.05) is 18.6 Å². The van der Waals surface area contributed by atoms with Gasteiger partial charge >= 0.3 is 6.18 Å². The number of likely N-dealkylation sites (tertiary alicyclic amines) is 1. The molecule has 1 N–H and O–H groups in total. The van der Waals surface area contributed by atoms with Gasteiger partial charge in [0.1, 0.15) is 0 Å². The first kappa shape index (κ1) is 19.7. The Bertz CT molecular complexity index is 433. The Morgan fingerprint density at radius 3 is 2.35 bits per heavy atom. The van der Waals surface area contributed by atoms with E-state index in [1.54, 1.807) is 7.05 Å².